The Balaban J connectivity index is 1.20. The second-order valence-corrected chi connectivity index (χ2v) is 11.3. The molecule has 1 unspecified atom stereocenters. The molecule has 2 N–H and O–H groups in total. The quantitative estimate of drug-likeness (QED) is 0.522. The number of aromatic nitrogens is 6. The van der Waals surface area contributed by atoms with Crippen molar-refractivity contribution in [2.45, 2.75) is 70.6 Å². The van der Waals surface area contributed by atoms with Crippen molar-refractivity contribution in [1.82, 2.24) is 35.1 Å². The zero-order valence-electron chi connectivity index (χ0n) is 21.4. The van der Waals surface area contributed by atoms with E-state index in [1.807, 2.05) is 0 Å². The molecule has 2 aromatic heterocycles. The van der Waals surface area contributed by atoms with E-state index < -0.39 is 17.2 Å². The molecule has 3 aliphatic heterocycles. The van der Waals surface area contributed by atoms with Gasteiger partial charge in [-0.15, -0.1) is 5.10 Å². The molecule has 0 saturated carbocycles. The normalized spacial score (nSPS) is 23.5. The van der Waals surface area contributed by atoms with Crippen molar-refractivity contribution in [1.29, 1.82) is 0 Å². The summed E-state index contributed by atoms with van der Waals surface area (Å²) in [6.45, 7) is 9.97. The van der Waals surface area contributed by atoms with Crippen LogP contribution >= 0.6 is 0 Å². The highest BCUT2D eigenvalue weighted by Gasteiger charge is 2.42. The fourth-order valence-electron chi connectivity index (χ4n) is 6.17. The number of nitrogens with one attached hydrogen (secondary N) is 2. The molecular formula is C25H31F2N9O. The molecule has 3 aliphatic rings. The smallest absolute Gasteiger partial charge is 0.229 e. The average Bonchev–Trinajstić information content (AvgIpc) is 3.51. The van der Waals surface area contributed by atoms with Gasteiger partial charge in [-0.3, -0.25) is 4.90 Å². The highest BCUT2D eigenvalue weighted by Crippen LogP contribution is 2.41. The summed E-state index contributed by atoms with van der Waals surface area (Å²) in [6, 6.07) is 3.38. The van der Waals surface area contributed by atoms with Crippen LogP contribution in [0.4, 0.5) is 26.2 Å². The van der Waals surface area contributed by atoms with Crippen LogP contribution in [-0.2, 0) is 5.60 Å². The monoisotopic (exact) mass is 511 g/mol. The highest BCUT2D eigenvalue weighted by molar-refractivity contribution is 5.64. The first-order valence-corrected chi connectivity index (χ1v) is 12.7. The van der Waals surface area contributed by atoms with Gasteiger partial charge in [0.15, 0.2) is 28.9 Å². The lowest BCUT2D eigenvalue weighted by atomic mass is 9.79. The second-order valence-electron chi connectivity index (χ2n) is 11.3. The number of hydrogen-bond acceptors (Lipinski definition) is 9. The summed E-state index contributed by atoms with van der Waals surface area (Å²) in [5, 5.41) is 17.8. The summed E-state index contributed by atoms with van der Waals surface area (Å²) in [6.07, 6.45) is 5.67. The molecule has 3 aromatic rings. The first kappa shape index (κ1) is 24.0. The van der Waals surface area contributed by atoms with Crippen molar-refractivity contribution in [3.63, 3.8) is 0 Å². The molecule has 0 amide bonds. The number of benzene rings is 1. The molecule has 2 saturated heterocycles. The summed E-state index contributed by atoms with van der Waals surface area (Å²) in [4.78, 5) is 10.9. The van der Waals surface area contributed by atoms with Gasteiger partial charge in [0.25, 0.3) is 0 Å². The molecule has 0 aliphatic carbocycles. The number of fused-ring (bicyclic) bond motifs is 4. The van der Waals surface area contributed by atoms with Crippen LogP contribution in [0.5, 0.6) is 5.75 Å². The van der Waals surface area contributed by atoms with Crippen LogP contribution in [0.1, 0.15) is 59.2 Å². The summed E-state index contributed by atoms with van der Waals surface area (Å²) in [7, 11) is 0. The largest absolute Gasteiger partial charge is 0.477 e. The van der Waals surface area contributed by atoms with Crippen molar-refractivity contribution in [3.05, 3.63) is 35.8 Å². The van der Waals surface area contributed by atoms with E-state index >= 15 is 4.39 Å². The molecule has 12 heteroatoms. The summed E-state index contributed by atoms with van der Waals surface area (Å²) in [5.74, 6) is 0.258. The van der Waals surface area contributed by atoms with Gasteiger partial charge in [-0.2, -0.15) is 9.67 Å². The maximum Gasteiger partial charge on any atom is 0.229 e. The Morgan fingerprint density at radius 1 is 1.16 bits per heavy atom. The number of piperidine rings is 1. The van der Waals surface area contributed by atoms with Crippen molar-refractivity contribution < 1.29 is 13.5 Å². The van der Waals surface area contributed by atoms with Gasteiger partial charge in [0, 0.05) is 24.2 Å². The Labute approximate surface area is 213 Å². The predicted molar refractivity (Wildman–Crippen MR) is 133 cm³/mol. The minimum absolute atomic E-state index is 0.0719. The van der Waals surface area contributed by atoms with Crippen LogP contribution in [0, 0.1) is 17.6 Å². The number of hydrogen-bond donors (Lipinski definition) is 2. The zero-order chi connectivity index (χ0) is 25.9. The third kappa shape index (κ3) is 4.26. The Bertz CT molecular complexity index is 1340. The number of nitrogens with zero attached hydrogens (tertiary/aromatic N) is 7. The Hall–Kier alpha value is -3.41. The van der Waals surface area contributed by atoms with E-state index in [9.17, 15) is 4.39 Å². The van der Waals surface area contributed by atoms with E-state index in [1.165, 1.54) is 29.7 Å². The van der Waals surface area contributed by atoms with E-state index in [1.54, 1.807) is 13.8 Å². The minimum atomic E-state index is -0.817. The maximum atomic E-state index is 15.0. The first-order valence-electron chi connectivity index (χ1n) is 12.7. The van der Waals surface area contributed by atoms with Gasteiger partial charge in [0.2, 0.25) is 5.95 Å². The lowest BCUT2D eigenvalue weighted by Crippen LogP contribution is -2.53. The first-order chi connectivity index (χ1) is 17.6. The van der Waals surface area contributed by atoms with Gasteiger partial charge < -0.3 is 15.4 Å². The molecular weight excluding hydrogens is 480 g/mol. The molecule has 6 rings (SSSR count). The maximum absolute atomic E-state index is 15.0. The van der Waals surface area contributed by atoms with Gasteiger partial charge in [-0.05, 0) is 82.3 Å². The number of tetrazole rings is 1. The lowest BCUT2D eigenvalue weighted by Gasteiger charge is -2.47. The van der Waals surface area contributed by atoms with E-state index in [0.29, 0.717) is 35.8 Å². The molecule has 37 heavy (non-hydrogen) atoms. The van der Waals surface area contributed by atoms with Gasteiger partial charge in [-0.25, -0.2) is 13.8 Å². The van der Waals surface area contributed by atoms with E-state index in [-0.39, 0.29) is 23.0 Å². The minimum Gasteiger partial charge on any atom is -0.477 e. The van der Waals surface area contributed by atoms with E-state index in [0.717, 1.165) is 25.6 Å². The van der Waals surface area contributed by atoms with E-state index in [2.05, 4.69) is 54.9 Å². The fraction of sp³-hybridized carbons (Fsp3) is 0.560. The van der Waals surface area contributed by atoms with Gasteiger partial charge in [0.05, 0.1) is 11.9 Å². The number of ether oxygens (including phenoxy) is 1. The Morgan fingerprint density at radius 3 is 2.84 bits per heavy atom. The van der Waals surface area contributed by atoms with Gasteiger partial charge in [0.1, 0.15) is 11.4 Å². The summed E-state index contributed by atoms with van der Waals surface area (Å²) < 4.78 is 37.1. The molecule has 196 valence electrons. The molecule has 2 atom stereocenters. The molecule has 0 bridgehead atoms. The standard InChI is InChI=1S/C25H31F2N9O/c1-24(2)11-14(8-15-6-5-7-35(15)24)12-28-21-17(27)13-29-23(31-21)30-18-10-19-20(9-16(18)26)37-25(3,4)22-32-33-34-36(19)22/h9-10,13-15H,5-8,11-12H2,1-4H3,(H2,28,29,30,31)/t14?,15-/m1/s1. The SMILES string of the molecule is CC1(C)Oc2cc(F)c(Nc3ncc(F)c(NCC4C[C@H]5CCCN5C(C)(C)C4)n3)cc2-n2nnnc21. The van der Waals surface area contributed by atoms with E-state index in [4.69, 9.17) is 4.74 Å². The highest BCUT2D eigenvalue weighted by atomic mass is 19.1. The van der Waals surface area contributed by atoms with Crippen molar-refractivity contribution in [3.8, 4) is 11.4 Å². The number of halogens is 2. The summed E-state index contributed by atoms with van der Waals surface area (Å²) >= 11 is 0. The molecule has 10 nitrogen and oxygen atoms in total. The Kier molecular flexibility index (Phi) is 5.55. The third-order valence-corrected chi connectivity index (χ3v) is 7.75. The lowest BCUT2D eigenvalue weighted by molar-refractivity contribution is 0.0288. The number of rotatable bonds is 5. The van der Waals surface area contributed by atoms with Gasteiger partial charge >= 0.3 is 0 Å². The second kappa shape index (κ2) is 8.57. The van der Waals surface area contributed by atoms with Crippen LogP contribution in [0.25, 0.3) is 5.69 Å². The topological polar surface area (TPSA) is 106 Å². The van der Waals surface area contributed by atoms with Crippen LogP contribution in [0.2, 0.25) is 0 Å². The fourth-order valence-corrected chi connectivity index (χ4v) is 6.17. The number of anilines is 3. The zero-order valence-corrected chi connectivity index (χ0v) is 21.4. The van der Waals surface area contributed by atoms with Crippen LogP contribution in [0.3, 0.4) is 0 Å². The van der Waals surface area contributed by atoms with Crippen LogP contribution in [0.15, 0.2) is 18.3 Å². The van der Waals surface area contributed by atoms with Crippen molar-refractivity contribution >= 4 is 17.5 Å². The molecule has 0 radical (unpaired) electrons. The van der Waals surface area contributed by atoms with Crippen molar-refractivity contribution in [2.75, 3.05) is 23.7 Å². The third-order valence-electron chi connectivity index (χ3n) is 7.75. The average molecular weight is 512 g/mol. The summed E-state index contributed by atoms with van der Waals surface area (Å²) in [5.41, 5.74) is -0.117. The molecule has 1 aromatic carbocycles. The van der Waals surface area contributed by atoms with Gasteiger partial charge in [-0.1, -0.05) is 0 Å². The predicted octanol–water partition coefficient (Wildman–Crippen LogP) is 4.17. The molecule has 5 heterocycles. The Morgan fingerprint density at radius 2 is 2.00 bits per heavy atom. The van der Waals surface area contributed by atoms with Crippen LogP contribution in [-0.4, -0.2) is 59.7 Å². The van der Waals surface area contributed by atoms with Crippen LogP contribution < -0.4 is 15.4 Å². The van der Waals surface area contributed by atoms with Crippen molar-refractivity contribution in [2.24, 2.45) is 5.92 Å². The molecule has 2 fully saturated rings. The molecule has 0 spiro atoms.